The fourth-order valence-corrected chi connectivity index (χ4v) is 2.94. The van der Waals surface area contributed by atoms with E-state index in [1.807, 2.05) is 19.9 Å². The van der Waals surface area contributed by atoms with Crippen molar-refractivity contribution >= 4 is 5.97 Å². The number of epoxide rings is 1. The predicted octanol–water partition coefficient (Wildman–Crippen LogP) is 1.91. The largest absolute Gasteiger partial charge is 0.456 e. The van der Waals surface area contributed by atoms with Gasteiger partial charge in [0.25, 0.3) is 0 Å². The molecule has 1 saturated carbocycles. The van der Waals surface area contributed by atoms with Gasteiger partial charge in [0.1, 0.15) is 6.10 Å². The number of carbonyl (C=O) groups excluding carboxylic acids is 1. The zero-order chi connectivity index (χ0) is 13.7. The maximum Gasteiger partial charge on any atom is 0.338 e. The van der Waals surface area contributed by atoms with E-state index in [4.69, 9.17) is 9.47 Å². The molecule has 19 heavy (non-hydrogen) atoms. The van der Waals surface area contributed by atoms with E-state index in [-0.39, 0.29) is 11.2 Å². The highest BCUT2D eigenvalue weighted by atomic mass is 16.6. The molecule has 1 aromatic rings. The van der Waals surface area contributed by atoms with Crippen molar-refractivity contribution in [3.8, 4) is 0 Å². The summed E-state index contributed by atoms with van der Waals surface area (Å²) in [5.74, 6) is -0.391. The molecule has 1 aliphatic heterocycles. The Hall–Kier alpha value is -1.39. The zero-order valence-electron chi connectivity index (χ0n) is 11.1. The van der Waals surface area contributed by atoms with Crippen molar-refractivity contribution < 1.29 is 19.4 Å². The summed E-state index contributed by atoms with van der Waals surface area (Å²) in [7, 11) is 0. The summed E-state index contributed by atoms with van der Waals surface area (Å²) in [6.45, 7) is 3.99. The van der Waals surface area contributed by atoms with Gasteiger partial charge in [0, 0.05) is 12.8 Å². The first-order valence-electron chi connectivity index (χ1n) is 6.58. The molecular weight excluding hydrogens is 244 g/mol. The minimum absolute atomic E-state index is 0.262. The number of aliphatic hydroxyl groups excluding tert-OH is 1. The third-order valence-corrected chi connectivity index (χ3v) is 4.41. The summed E-state index contributed by atoms with van der Waals surface area (Å²) < 4.78 is 11.1. The number of fused-ring (bicyclic) bond motifs is 1. The number of hydrogen-bond acceptors (Lipinski definition) is 4. The van der Waals surface area contributed by atoms with Crippen LogP contribution in [-0.2, 0) is 9.47 Å². The standard InChI is InChI=1S/C15H18O4/c1-14-8-11(16)12(9-15(14,2)19-14)18-13(17)10-6-4-3-5-7-10/h3-7,11-12,16H,8-9H2,1-2H3/t11-,12-,14-,15+/m0/s1. The summed E-state index contributed by atoms with van der Waals surface area (Å²) >= 11 is 0. The van der Waals surface area contributed by atoms with E-state index in [1.54, 1.807) is 24.3 Å². The molecular formula is C15H18O4. The molecule has 0 unspecified atom stereocenters. The first-order valence-corrected chi connectivity index (χ1v) is 6.58. The highest BCUT2D eigenvalue weighted by molar-refractivity contribution is 5.89. The minimum Gasteiger partial charge on any atom is -0.456 e. The van der Waals surface area contributed by atoms with E-state index in [9.17, 15) is 9.90 Å². The molecule has 0 aromatic heterocycles. The predicted molar refractivity (Wildman–Crippen MR) is 68.8 cm³/mol. The minimum atomic E-state index is -0.659. The lowest BCUT2D eigenvalue weighted by Gasteiger charge is -2.31. The molecule has 3 rings (SSSR count). The van der Waals surface area contributed by atoms with Gasteiger partial charge in [0.15, 0.2) is 0 Å². The molecule has 102 valence electrons. The van der Waals surface area contributed by atoms with Crippen molar-refractivity contribution in [2.75, 3.05) is 0 Å². The van der Waals surface area contributed by atoms with Crippen LogP contribution in [0.25, 0.3) is 0 Å². The molecule has 0 radical (unpaired) electrons. The smallest absolute Gasteiger partial charge is 0.338 e. The fraction of sp³-hybridized carbons (Fsp3) is 0.533. The van der Waals surface area contributed by atoms with Gasteiger partial charge >= 0.3 is 5.97 Å². The van der Waals surface area contributed by atoms with Gasteiger partial charge in [-0.3, -0.25) is 0 Å². The number of hydrogen-bond donors (Lipinski definition) is 1. The van der Waals surface area contributed by atoms with Crippen LogP contribution in [0.15, 0.2) is 30.3 Å². The molecule has 4 heteroatoms. The monoisotopic (exact) mass is 262 g/mol. The lowest BCUT2D eigenvalue weighted by Crippen LogP contribution is -2.44. The van der Waals surface area contributed by atoms with Crippen molar-refractivity contribution in [1.29, 1.82) is 0 Å². The van der Waals surface area contributed by atoms with Gasteiger partial charge in [-0.15, -0.1) is 0 Å². The van der Waals surface area contributed by atoms with E-state index >= 15 is 0 Å². The van der Waals surface area contributed by atoms with E-state index in [0.29, 0.717) is 18.4 Å². The number of esters is 1. The highest BCUT2D eigenvalue weighted by Gasteiger charge is 2.68. The fourth-order valence-electron chi connectivity index (χ4n) is 2.94. The highest BCUT2D eigenvalue weighted by Crippen LogP contribution is 2.57. The maximum atomic E-state index is 12.0. The van der Waals surface area contributed by atoms with Crippen LogP contribution in [0.5, 0.6) is 0 Å². The molecule has 2 aliphatic rings. The Morgan fingerprint density at radius 1 is 1.26 bits per heavy atom. The first kappa shape index (κ1) is 12.6. The molecule has 0 spiro atoms. The topological polar surface area (TPSA) is 59.1 Å². The van der Waals surface area contributed by atoms with Gasteiger partial charge in [-0.2, -0.15) is 0 Å². The van der Waals surface area contributed by atoms with Crippen LogP contribution in [0.1, 0.15) is 37.0 Å². The van der Waals surface area contributed by atoms with Gasteiger partial charge in [-0.05, 0) is 26.0 Å². The Morgan fingerprint density at radius 2 is 1.89 bits per heavy atom. The van der Waals surface area contributed by atoms with Gasteiger partial charge in [-0.25, -0.2) is 4.79 Å². The van der Waals surface area contributed by atoms with Crippen LogP contribution in [0, 0.1) is 0 Å². The number of carbonyl (C=O) groups is 1. The molecule has 4 atom stereocenters. The average molecular weight is 262 g/mol. The average Bonchev–Trinajstić information content (AvgIpc) is 2.92. The second-order valence-electron chi connectivity index (χ2n) is 5.85. The van der Waals surface area contributed by atoms with Crippen LogP contribution in [-0.4, -0.2) is 34.5 Å². The molecule has 1 saturated heterocycles. The Labute approximate surface area is 112 Å². The second-order valence-corrected chi connectivity index (χ2v) is 5.85. The van der Waals surface area contributed by atoms with Gasteiger partial charge in [0.05, 0.1) is 22.9 Å². The van der Waals surface area contributed by atoms with Crippen molar-refractivity contribution in [2.24, 2.45) is 0 Å². The maximum absolute atomic E-state index is 12.0. The third kappa shape index (κ3) is 2.05. The van der Waals surface area contributed by atoms with Crippen molar-refractivity contribution in [2.45, 2.75) is 50.1 Å². The van der Waals surface area contributed by atoms with Gasteiger partial charge < -0.3 is 14.6 Å². The number of benzene rings is 1. The third-order valence-electron chi connectivity index (χ3n) is 4.41. The first-order chi connectivity index (χ1) is 8.94. The Kier molecular flexibility index (Phi) is 2.69. The van der Waals surface area contributed by atoms with Gasteiger partial charge in [-0.1, -0.05) is 18.2 Å². The lowest BCUT2D eigenvalue weighted by atomic mass is 9.78. The molecule has 1 aromatic carbocycles. The number of ether oxygens (including phenoxy) is 2. The molecule has 1 N–H and O–H groups in total. The van der Waals surface area contributed by atoms with Crippen LogP contribution in [0.4, 0.5) is 0 Å². The Morgan fingerprint density at radius 3 is 2.58 bits per heavy atom. The molecule has 4 nitrogen and oxygen atoms in total. The van der Waals surface area contributed by atoms with Crippen LogP contribution < -0.4 is 0 Å². The van der Waals surface area contributed by atoms with Crippen molar-refractivity contribution in [3.63, 3.8) is 0 Å². The van der Waals surface area contributed by atoms with E-state index in [1.165, 1.54) is 0 Å². The van der Waals surface area contributed by atoms with Crippen molar-refractivity contribution in [3.05, 3.63) is 35.9 Å². The normalized spacial score (nSPS) is 40.4. The molecule has 0 amide bonds. The summed E-state index contributed by atoms with van der Waals surface area (Å²) in [5.41, 5.74) is -0.0273. The lowest BCUT2D eigenvalue weighted by molar-refractivity contribution is -0.0417. The van der Waals surface area contributed by atoms with Gasteiger partial charge in [0.2, 0.25) is 0 Å². The van der Waals surface area contributed by atoms with E-state index in [0.717, 1.165) is 0 Å². The van der Waals surface area contributed by atoms with Crippen LogP contribution in [0.2, 0.25) is 0 Å². The van der Waals surface area contributed by atoms with Crippen molar-refractivity contribution in [1.82, 2.24) is 0 Å². The summed E-state index contributed by atoms with van der Waals surface area (Å²) in [6.07, 6.45) is -0.0963. The van der Waals surface area contributed by atoms with Crippen LogP contribution in [0.3, 0.4) is 0 Å². The van der Waals surface area contributed by atoms with E-state index < -0.39 is 18.2 Å². The molecule has 1 aliphatic carbocycles. The summed E-state index contributed by atoms with van der Waals surface area (Å²) in [4.78, 5) is 12.0. The SMILES string of the molecule is C[C@@]12C[C@H](OC(=O)c3ccccc3)[C@@H](O)C[C@]1(C)O2. The second kappa shape index (κ2) is 4.05. The Bertz CT molecular complexity index is 500. The molecule has 1 heterocycles. The molecule has 2 fully saturated rings. The summed E-state index contributed by atoms with van der Waals surface area (Å²) in [6, 6.07) is 8.83. The zero-order valence-corrected chi connectivity index (χ0v) is 11.1. The number of rotatable bonds is 2. The quantitative estimate of drug-likeness (QED) is 0.653. The number of aliphatic hydroxyl groups is 1. The van der Waals surface area contributed by atoms with E-state index in [2.05, 4.69) is 0 Å². The molecule has 0 bridgehead atoms. The Balaban J connectivity index is 1.69. The summed E-state index contributed by atoms with van der Waals surface area (Å²) in [5, 5.41) is 10.1. The van der Waals surface area contributed by atoms with Crippen LogP contribution >= 0.6 is 0 Å².